The van der Waals surface area contributed by atoms with Crippen molar-refractivity contribution in [2.24, 2.45) is 0 Å². The fourth-order valence-electron chi connectivity index (χ4n) is 3.38. The fraction of sp³-hybridized carbons (Fsp3) is 0.192. The Kier molecular flexibility index (Phi) is 7.73. The molecule has 0 amide bonds. The number of carbonyl (C=O) groups excluding carboxylic acids is 1. The van der Waals surface area contributed by atoms with Crippen molar-refractivity contribution >= 4 is 43.7 Å². The summed E-state index contributed by atoms with van der Waals surface area (Å²) in [7, 11) is 0. The SMILES string of the molecule is CCCCOc1c(C(=O)Sc2ccccn2)cc(Br)c2cc(Cc3ccc(F)cc3)cnc12. The summed E-state index contributed by atoms with van der Waals surface area (Å²) in [5.41, 5.74) is 3.07. The quantitative estimate of drug-likeness (QED) is 0.179. The standard InChI is InChI=1S/C26H22BrFN2O2S/c1-2-3-12-32-25-21(26(31)33-23-6-4-5-11-29-23)15-22(27)20-14-18(16-30-24(20)25)13-17-7-9-19(28)10-8-17/h4-11,14-16H,2-3,12-13H2,1H3. The maximum atomic E-state index is 13.2. The largest absolute Gasteiger partial charge is 0.490 e. The van der Waals surface area contributed by atoms with Gasteiger partial charge in [-0.2, -0.15) is 0 Å². The Morgan fingerprint density at radius 3 is 2.64 bits per heavy atom. The first-order valence-corrected chi connectivity index (χ1v) is 12.3. The third kappa shape index (κ3) is 5.78. The van der Waals surface area contributed by atoms with Crippen LogP contribution in [0.25, 0.3) is 10.9 Å². The van der Waals surface area contributed by atoms with Gasteiger partial charge in [0.25, 0.3) is 0 Å². The van der Waals surface area contributed by atoms with Crippen LogP contribution < -0.4 is 4.74 Å². The van der Waals surface area contributed by atoms with E-state index in [0.717, 1.165) is 45.6 Å². The van der Waals surface area contributed by atoms with Crippen LogP contribution in [0.1, 0.15) is 41.3 Å². The maximum absolute atomic E-state index is 13.2. The minimum atomic E-state index is -0.257. The summed E-state index contributed by atoms with van der Waals surface area (Å²) in [4.78, 5) is 22.1. The van der Waals surface area contributed by atoms with Crippen molar-refractivity contribution < 1.29 is 13.9 Å². The van der Waals surface area contributed by atoms with E-state index in [9.17, 15) is 9.18 Å². The number of hydrogen-bond acceptors (Lipinski definition) is 5. The molecule has 0 radical (unpaired) electrons. The predicted molar refractivity (Wildman–Crippen MR) is 133 cm³/mol. The van der Waals surface area contributed by atoms with Crippen LogP contribution in [0.2, 0.25) is 0 Å². The summed E-state index contributed by atoms with van der Waals surface area (Å²) >= 11 is 4.69. The van der Waals surface area contributed by atoms with Crippen LogP contribution in [-0.4, -0.2) is 21.7 Å². The van der Waals surface area contributed by atoms with Crippen LogP contribution in [0.3, 0.4) is 0 Å². The molecule has 0 spiro atoms. The minimum absolute atomic E-state index is 0.153. The zero-order valence-corrected chi connectivity index (χ0v) is 20.5. The highest BCUT2D eigenvalue weighted by molar-refractivity contribution is 9.10. The molecule has 0 aliphatic rings. The average Bonchev–Trinajstić information content (AvgIpc) is 2.82. The van der Waals surface area contributed by atoms with Crippen LogP contribution in [0.15, 0.2) is 76.5 Å². The van der Waals surface area contributed by atoms with Gasteiger partial charge >= 0.3 is 0 Å². The van der Waals surface area contributed by atoms with Gasteiger partial charge in [-0.15, -0.1) is 0 Å². The number of rotatable bonds is 8. The fourth-order valence-corrected chi connectivity index (χ4v) is 4.62. The van der Waals surface area contributed by atoms with Gasteiger partial charge in [-0.1, -0.05) is 47.5 Å². The summed E-state index contributed by atoms with van der Waals surface area (Å²) in [6.07, 6.45) is 5.93. The van der Waals surface area contributed by atoms with Crippen LogP contribution in [0.5, 0.6) is 5.75 Å². The summed E-state index contributed by atoms with van der Waals surface area (Å²) in [5, 5.41) is 1.33. The summed E-state index contributed by atoms with van der Waals surface area (Å²) < 4.78 is 20.1. The van der Waals surface area contributed by atoms with E-state index in [1.807, 2.05) is 18.2 Å². The van der Waals surface area contributed by atoms with Gasteiger partial charge < -0.3 is 4.74 Å². The number of halogens is 2. The lowest BCUT2D eigenvalue weighted by atomic mass is 10.0. The number of benzene rings is 2. The number of unbranched alkanes of at least 4 members (excludes halogenated alkanes) is 1. The third-order valence-electron chi connectivity index (χ3n) is 5.05. The van der Waals surface area contributed by atoms with E-state index in [-0.39, 0.29) is 10.9 Å². The van der Waals surface area contributed by atoms with E-state index >= 15 is 0 Å². The highest BCUT2D eigenvalue weighted by atomic mass is 79.9. The molecule has 7 heteroatoms. The van der Waals surface area contributed by atoms with Crippen molar-refractivity contribution in [3.63, 3.8) is 0 Å². The number of fused-ring (bicyclic) bond motifs is 1. The second-order valence-corrected chi connectivity index (χ2v) is 9.39. The lowest BCUT2D eigenvalue weighted by molar-refractivity contribution is 0.108. The molecule has 0 fully saturated rings. The van der Waals surface area contributed by atoms with Crippen molar-refractivity contribution in [3.8, 4) is 5.75 Å². The minimum Gasteiger partial charge on any atom is -0.490 e. The van der Waals surface area contributed by atoms with E-state index in [4.69, 9.17) is 4.74 Å². The molecule has 2 aromatic carbocycles. The second kappa shape index (κ2) is 10.9. The van der Waals surface area contributed by atoms with Crippen molar-refractivity contribution in [2.45, 2.75) is 31.2 Å². The number of carbonyl (C=O) groups is 1. The van der Waals surface area contributed by atoms with Gasteiger partial charge in [0.15, 0.2) is 5.75 Å². The van der Waals surface area contributed by atoms with Gasteiger partial charge in [-0.25, -0.2) is 9.37 Å². The number of nitrogens with zero attached hydrogens (tertiary/aromatic N) is 2. The molecule has 0 bridgehead atoms. The van der Waals surface area contributed by atoms with Gasteiger partial charge in [0, 0.05) is 22.3 Å². The molecule has 0 unspecified atom stereocenters. The Bertz CT molecular complexity index is 1270. The van der Waals surface area contributed by atoms with Gasteiger partial charge in [-0.05, 0) is 72.1 Å². The molecule has 4 nitrogen and oxygen atoms in total. The predicted octanol–water partition coefficient (Wildman–Crippen LogP) is 7.23. The highest BCUT2D eigenvalue weighted by Crippen LogP contribution is 2.38. The first-order chi connectivity index (χ1) is 16.0. The first kappa shape index (κ1) is 23.4. The van der Waals surface area contributed by atoms with Gasteiger partial charge in [0.1, 0.15) is 16.4 Å². The van der Waals surface area contributed by atoms with Gasteiger partial charge in [0.05, 0.1) is 12.2 Å². The summed E-state index contributed by atoms with van der Waals surface area (Å²) in [5.74, 6) is 0.233. The Morgan fingerprint density at radius 1 is 1.09 bits per heavy atom. The molecular weight excluding hydrogens is 503 g/mol. The molecule has 0 saturated heterocycles. The molecule has 4 rings (SSSR count). The number of hydrogen-bond donors (Lipinski definition) is 0. The van der Waals surface area contributed by atoms with Crippen molar-refractivity contribution in [2.75, 3.05) is 6.61 Å². The third-order valence-corrected chi connectivity index (χ3v) is 6.57. The molecule has 0 N–H and O–H groups in total. The number of aromatic nitrogens is 2. The van der Waals surface area contributed by atoms with Crippen LogP contribution in [0, 0.1) is 5.82 Å². The van der Waals surface area contributed by atoms with Crippen molar-refractivity contribution in [1.82, 2.24) is 9.97 Å². The smallest absolute Gasteiger partial charge is 0.229 e. The Labute approximate surface area is 204 Å². The normalized spacial score (nSPS) is 11.0. The van der Waals surface area contributed by atoms with Crippen LogP contribution >= 0.6 is 27.7 Å². The van der Waals surface area contributed by atoms with E-state index in [2.05, 4.69) is 32.8 Å². The Hall–Kier alpha value is -2.77. The van der Waals surface area contributed by atoms with Gasteiger partial charge in [0.2, 0.25) is 5.12 Å². The van der Waals surface area contributed by atoms with E-state index < -0.39 is 0 Å². The molecule has 0 aliphatic heterocycles. The lowest BCUT2D eigenvalue weighted by Crippen LogP contribution is -2.05. The Balaban J connectivity index is 1.72. The highest BCUT2D eigenvalue weighted by Gasteiger charge is 2.21. The maximum Gasteiger partial charge on any atom is 0.229 e. The molecule has 168 valence electrons. The summed E-state index contributed by atoms with van der Waals surface area (Å²) in [6.45, 7) is 2.59. The first-order valence-electron chi connectivity index (χ1n) is 10.7. The molecular formula is C26H22BrFN2O2S. The summed E-state index contributed by atoms with van der Waals surface area (Å²) in [6, 6.07) is 15.7. The molecule has 0 aliphatic carbocycles. The number of ether oxygens (including phenoxy) is 1. The zero-order valence-electron chi connectivity index (χ0n) is 18.1. The van der Waals surface area contributed by atoms with Gasteiger partial charge in [-0.3, -0.25) is 9.78 Å². The zero-order chi connectivity index (χ0) is 23.2. The topological polar surface area (TPSA) is 52.1 Å². The second-order valence-electron chi connectivity index (χ2n) is 7.54. The Morgan fingerprint density at radius 2 is 1.91 bits per heavy atom. The lowest BCUT2D eigenvalue weighted by Gasteiger charge is -2.15. The van der Waals surface area contributed by atoms with Crippen molar-refractivity contribution in [3.05, 3.63) is 94.0 Å². The monoisotopic (exact) mass is 524 g/mol. The number of pyridine rings is 2. The molecule has 0 saturated carbocycles. The van der Waals surface area contributed by atoms with Crippen LogP contribution in [0.4, 0.5) is 4.39 Å². The molecule has 2 heterocycles. The average molecular weight is 525 g/mol. The number of thioether (sulfide) groups is 1. The van der Waals surface area contributed by atoms with Crippen LogP contribution in [-0.2, 0) is 6.42 Å². The molecule has 2 aromatic heterocycles. The molecule has 4 aromatic rings. The molecule has 0 atom stereocenters. The molecule has 33 heavy (non-hydrogen) atoms. The van der Waals surface area contributed by atoms with Crippen molar-refractivity contribution in [1.29, 1.82) is 0 Å². The van der Waals surface area contributed by atoms with E-state index in [0.29, 0.717) is 34.9 Å². The van der Waals surface area contributed by atoms with E-state index in [1.54, 1.807) is 36.7 Å². The van der Waals surface area contributed by atoms with E-state index in [1.165, 1.54) is 12.1 Å².